The van der Waals surface area contributed by atoms with E-state index in [0.29, 0.717) is 27.9 Å². The number of pyridine rings is 2. The Balaban J connectivity index is 0.000000297. The average Bonchev–Trinajstić information content (AvgIpc) is 4.07. The van der Waals surface area contributed by atoms with Crippen molar-refractivity contribution in [1.82, 2.24) is 9.97 Å². The molecule has 1 fully saturated rings. The topological polar surface area (TPSA) is 38.9 Å². The van der Waals surface area contributed by atoms with Crippen molar-refractivity contribution in [2.45, 2.75) is 85.2 Å². The normalized spacial score (nSPS) is 17.2. The van der Waals surface area contributed by atoms with Gasteiger partial charge in [-0.2, -0.15) is 0 Å². The molecule has 3 aromatic heterocycles. The van der Waals surface area contributed by atoms with Gasteiger partial charge < -0.3 is 14.4 Å². The molecule has 11 rings (SSSR count). The molecule has 0 amide bonds. The zero-order valence-electron chi connectivity index (χ0n) is 49.3. The third-order valence-electron chi connectivity index (χ3n) is 12.4. The smallest absolute Gasteiger partial charge is 0.129 e. The maximum atomic E-state index is 8.94. The molecule has 0 atom stereocenters. The summed E-state index contributed by atoms with van der Waals surface area (Å²) >= 11 is 0. The Bertz CT molecular complexity index is 3790. The molecule has 3 nitrogen and oxygen atoms in total. The minimum absolute atomic E-state index is 0. The van der Waals surface area contributed by atoms with Gasteiger partial charge in [-0.3, -0.25) is 0 Å². The molecule has 3 heterocycles. The van der Waals surface area contributed by atoms with Crippen molar-refractivity contribution in [3.63, 3.8) is 0 Å². The van der Waals surface area contributed by atoms with Crippen LogP contribution in [0.1, 0.15) is 104 Å². The quantitative estimate of drug-likeness (QED) is 0.127. The summed E-state index contributed by atoms with van der Waals surface area (Å²) in [6.45, 7) is -3.87. The standard InChI is InChI=1S/C45H36NO.C16H18N.Ir/c1-27-24-40(28(2)23-39(27)33-17-15-31(16-18-33)30-9-4-5-10-30)41-25-42(46-26-29(41)3)38-14-8-13-36-37-22-21-34-20-19-32-11-6-7-12-35(32)43(34)45(37)47-44(36)38;1-12-5-7-13(8-6-12)15-10-9-14(11-17-15)16(2,3)4;/h6-8,11-13,15-26,30H,4-5,9-10H2,1-3H3;5-7,9-11H,1-4H3;/q2*-1;/i1D3,2D3,3D3,30D;1D3;. The predicted octanol–water partition coefficient (Wildman–Crippen LogP) is 16.8. The third-order valence-corrected chi connectivity index (χ3v) is 12.4. The van der Waals surface area contributed by atoms with Crippen LogP contribution in [0.5, 0.6) is 0 Å². The number of aryl methyl sites for hydroxylation is 4. The van der Waals surface area contributed by atoms with E-state index in [0.717, 1.165) is 74.8 Å². The maximum absolute atomic E-state index is 8.94. The van der Waals surface area contributed by atoms with E-state index in [9.17, 15) is 0 Å². The van der Waals surface area contributed by atoms with E-state index in [1.807, 2.05) is 60.8 Å². The number of fused-ring (bicyclic) bond motifs is 7. The monoisotopic (exact) mass is 1040 g/mol. The number of aromatic nitrogens is 2. The molecule has 0 saturated heterocycles. The Hall–Kier alpha value is -6.19. The molecule has 0 bridgehead atoms. The van der Waals surface area contributed by atoms with Crippen LogP contribution in [0.3, 0.4) is 0 Å². The van der Waals surface area contributed by atoms with Gasteiger partial charge in [0.25, 0.3) is 0 Å². The Morgan fingerprint density at radius 2 is 1.35 bits per heavy atom. The van der Waals surface area contributed by atoms with Gasteiger partial charge >= 0.3 is 0 Å². The van der Waals surface area contributed by atoms with E-state index in [2.05, 4.69) is 67.1 Å². The summed E-state index contributed by atoms with van der Waals surface area (Å²) < 4.78 is 115. The van der Waals surface area contributed by atoms with Gasteiger partial charge in [0, 0.05) is 61.1 Å². The first-order valence-electron chi connectivity index (χ1n) is 28.2. The molecule has 0 spiro atoms. The van der Waals surface area contributed by atoms with Gasteiger partial charge in [-0.25, -0.2) is 0 Å². The Kier molecular flexibility index (Phi) is 8.54. The number of rotatable bonds is 5. The van der Waals surface area contributed by atoms with Crippen molar-refractivity contribution in [2.24, 2.45) is 0 Å². The second kappa shape index (κ2) is 18.0. The second-order valence-corrected chi connectivity index (χ2v) is 17.6. The van der Waals surface area contributed by atoms with Crippen LogP contribution in [-0.2, 0) is 25.5 Å². The van der Waals surface area contributed by atoms with Gasteiger partial charge in [-0.15, -0.1) is 53.6 Å². The molecule has 325 valence electrons. The van der Waals surface area contributed by atoms with Crippen LogP contribution in [0.25, 0.3) is 88.3 Å². The fourth-order valence-corrected chi connectivity index (χ4v) is 8.91. The maximum Gasteiger partial charge on any atom is 0.129 e. The molecule has 1 aliphatic rings. The molecule has 7 aromatic carbocycles. The van der Waals surface area contributed by atoms with Gasteiger partial charge in [0.15, 0.2) is 0 Å². The fourth-order valence-electron chi connectivity index (χ4n) is 8.91. The molecular formula is C61H54IrN2O-2. The summed E-state index contributed by atoms with van der Waals surface area (Å²) in [5, 5.41) is 5.72. The number of hydrogen-bond donors (Lipinski definition) is 0. The van der Waals surface area contributed by atoms with Crippen molar-refractivity contribution < 1.29 is 42.3 Å². The predicted molar refractivity (Wildman–Crippen MR) is 269 cm³/mol. The van der Waals surface area contributed by atoms with Crippen LogP contribution in [0.4, 0.5) is 0 Å². The minimum Gasteiger partial charge on any atom is -0.500 e. The van der Waals surface area contributed by atoms with Gasteiger partial charge in [0.1, 0.15) is 5.58 Å². The molecule has 1 radical (unpaired) electrons. The number of benzene rings is 7. The summed E-state index contributed by atoms with van der Waals surface area (Å²) in [6, 6.07) is 46.3. The molecule has 0 N–H and O–H groups in total. The van der Waals surface area contributed by atoms with E-state index in [-0.39, 0.29) is 64.6 Å². The van der Waals surface area contributed by atoms with Crippen molar-refractivity contribution >= 4 is 43.5 Å². The number of hydrogen-bond acceptors (Lipinski definition) is 3. The summed E-state index contributed by atoms with van der Waals surface area (Å²) in [5.41, 5.74) is 5.95. The van der Waals surface area contributed by atoms with Crippen molar-refractivity contribution in [3.05, 3.63) is 191 Å². The van der Waals surface area contributed by atoms with E-state index in [1.54, 1.807) is 30.3 Å². The summed E-state index contributed by atoms with van der Waals surface area (Å²) in [4.78, 5) is 9.03. The zero-order valence-corrected chi connectivity index (χ0v) is 38.7. The van der Waals surface area contributed by atoms with Crippen LogP contribution in [0.2, 0.25) is 0 Å². The Labute approximate surface area is 415 Å². The molecule has 1 saturated carbocycles. The Morgan fingerprint density at radius 1 is 0.631 bits per heavy atom. The van der Waals surface area contributed by atoms with Crippen molar-refractivity contribution in [3.8, 4) is 44.8 Å². The summed E-state index contributed by atoms with van der Waals surface area (Å²) in [5.74, 6) is -0.712. The van der Waals surface area contributed by atoms with E-state index in [4.69, 9.17) is 22.2 Å². The summed E-state index contributed by atoms with van der Waals surface area (Å²) in [6.07, 6.45) is 6.48. The molecule has 65 heavy (non-hydrogen) atoms. The SMILES string of the molecule is [2H]C([2H])([2H])c1c[c-]c(-c2ccc(C(C)(C)C)cn2)cc1.[2H]C([2H])([2H])c1cc(-c2cc(-c3[c-]ccc4c3oc3c4ccc4ccc5ccccc5c43)ncc2C([2H])([2H])[2H])c(C([2H])([2H])[2H])cc1-c1ccc(C2([2H])CCCC2)cc1.[Ir]. The van der Waals surface area contributed by atoms with Crippen LogP contribution in [-0.4, -0.2) is 9.97 Å². The van der Waals surface area contributed by atoms with Crippen molar-refractivity contribution in [2.75, 3.05) is 0 Å². The second-order valence-electron chi connectivity index (χ2n) is 17.6. The molecular weight excluding hydrogens is 969 g/mol. The average molecular weight is 1040 g/mol. The first-order valence-corrected chi connectivity index (χ1v) is 21.7. The van der Waals surface area contributed by atoms with Gasteiger partial charge in [-0.1, -0.05) is 155 Å². The van der Waals surface area contributed by atoms with E-state index in [1.165, 1.54) is 36.0 Å². The fraction of sp³-hybridized carbons (Fsp3) is 0.213. The van der Waals surface area contributed by atoms with Gasteiger partial charge in [0.2, 0.25) is 0 Å². The first kappa shape index (κ1) is 30.9. The third kappa shape index (κ3) is 8.59. The zero-order chi connectivity index (χ0) is 55.0. The van der Waals surface area contributed by atoms with Crippen LogP contribution >= 0.6 is 0 Å². The minimum atomic E-state index is -2.77. The van der Waals surface area contributed by atoms with E-state index < -0.39 is 33.3 Å². The Morgan fingerprint density at radius 3 is 2.09 bits per heavy atom. The van der Waals surface area contributed by atoms with Gasteiger partial charge in [0.05, 0.1) is 5.58 Å². The number of furan rings is 1. The summed E-state index contributed by atoms with van der Waals surface area (Å²) in [7, 11) is 0. The number of nitrogens with zero attached hydrogens (tertiary/aromatic N) is 2. The van der Waals surface area contributed by atoms with Crippen molar-refractivity contribution in [1.29, 1.82) is 0 Å². The van der Waals surface area contributed by atoms with Crippen LogP contribution < -0.4 is 0 Å². The van der Waals surface area contributed by atoms with Gasteiger partial charge in [-0.05, 0) is 122 Å². The molecule has 0 unspecified atom stereocenters. The largest absolute Gasteiger partial charge is 0.500 e. The molecule has 10 aromatic rings. The van der Waals surface area contributed by atoms with E-state index >= 15 is 0 Å². The van der Waals surface area contributed by atoms with Crippen LogP contribution in [0.15, 0.2) is 150 Å². The molecule has 0 aliphatic heterocycles. The first-order chi connectivity index (χ1) is 36.2. The molecule has 1 aliphatic carbocycles. The molecule has 4 heteroatoms. The van der Waals surface area contributed by atoms with Crippen LogP contribution in [0, 0.1) is 39.5 Å².